The summed E-state index contributed by atoms with van der Waals surface area (Å²) in [4.78, 5) is 20.3. The number of nitrogens with one attached hydrogen (secondary N) is 1. The van der Waals surface area contributed by atoms with Crippen LogP contribution in [0.4, 0.5) is 5.69 Å². The molecule has 0 aliphatic heterocycles. The minimum absolute atomic E-state index is 0.0386. The number of nitrogens with zero attached hydrogens (tertiary/aromatic N) is 2. The van der Waals surface area contributed by atoms with Crippen molar-refractivity contribution >= 4 is 34.7 Å². The molecule has 1 N–H and O–H groups in total. The highest BCUT2D eigenvalue weighted by atomic mass is 32.2. The van der Waals surface area contributed by atoms with Crippen LogP contribution in [0.3, 0.4) is 0 Å². The van der Waals surface area contributed by atoms with Gasteiger partial charge in [-0.1, -0.05) is 0 Å². The summed E-state index contributed by atoms with van der Waals surface area (Å²) in [7, 11) is 1.53. The van der Waals surface area contributed by atoms with E-state index in [2.05, 4.69) is 20.7 Å². The Labute approximate surface area is 132 Å². The Morgan fingerprint density at radius 3 is 3.10 bits per heavy atom. The van der Waals surface area contributed by atoms with Gasteiger partial charge in [0.25, 0.3) is 0 Å². The van der Waals surface area contributed by atoms with E-state index in [0.717, 1.165) is 22.2 Å². The Morgan fingerprint density at radius 2 is 2.38 bits per heavy atom. The van der Waals surface area contributed by atoms with Gasteiger partial charge in [-0.2, -0.15) is 11.8 Å². The molecule has 0 spiro atoms. The topological polar surface area (TPSA) is 64.1 Å². The summed E-state index contributed by atoms with van der Waals surface area (Å²) >= 11 is 3.36. The molecule has 7 heteroatoms. The normalized spacial score (nSPS) is 10.4. The zero-order valence-corrected chi connectivity index (χ0v) is 13.6. The summed E-state index contributed by atoms with van der Waals surface area (Å²) in [5.41, 5.74) is 1.68. The first kappa shape index (κ1) is 15.8. The molecule has 5 nitrogen and oxygen atoms in total. The maximum Gasteiger partial charge on any atom is 0.237 e. The third kappa shape index (κ3) is 5.02. The van der Waals surface area contributed by atoms with Crippen LogP contribution in [0.5, 0.6) is 5.88 Å². The predicted octanol–water partition coefficient (Wildman–Crippen LogP) is 3.12. The Bertz CT molecular complexity index is 601. The molecule has 112 valence electrons. The van der Waals surface area contributed by atoms with Crippen molar-refractivity contribution in [1.82, 2.24) is 9.97 Å². The van der Waals surface area contributed by atoms with Crippen molar-refractivity contribution in [2.45, 2.75) is 19.1 Å². The fourth-order valence-electron chi connectivity index (χ4n) is 1.68. The predicted molar refractivity (Wildman–Crippen MR) is 87.0 cm³/mol. The van der Waals surface area contributed by atoms with Crippen molar-refractivity contribution in [2.75, 3.05) is 18.2 Å². The molecule has 0 unspecified atom stereocenters. The van der Waals surface area contributed by atoms with Crippen molar-refractivity contribution < 1.29 is 9.53 Å². The van der Waals surface area contributed by atoms with Gasteiger partial charge in [-0.3, -0.25) is 4.79 Å². The number of methoxy groups -OCH3 is 1. The lowest BCUT2D eigenvalue weighted by Gasteiger charge is -2.08. The smallest absolute Gasteiger partial charge is 0.237 e. The van der Waals surface area contributed by atoms with Gasteiger partial charge in [0.05, 0.1) is 17.8 Å². The number of thiazole rings is 1. The van der Waals surface area contributed by atoms with Crippen LogP contribution < -0.4 is 10.1 Å². The zero-order chi connectivity index (χ0) is 15.1. The lowest BCUT2D eigenvalue weighted by Crippen LogP contribution is -2.13. The van der Waals surface area contributed by atoms with Crippen LogP contribution in [0.25, 0.3) is 0 Å². The van der Waals surface area contributed by atoms with E-state index < -0.39 is 0 Å². The van der Waals surface area contributed by atoms with Gasteiger partial charge in [-0.15, -0.1) is 11.3 Å². The SMILES string of the molecule is COc1ncccc1NC(=O)CCSCc1csc(C)n1. The van der Waals surface area contributed by atoms with E-state index in [1.165, 1.54) is 7.11 Å². The maximum atomic E-state index is 11.9. The van der Waals surface area contributed by atoms with E-state index in [-0.39, 0.29) is 5.91 Å². The van der Waals surface area contributed by atoms with E-state index >= 15 is 0 Å². The lowest BCUT2D eigenvalue weighted by molar-refractivity contribution is -0.115. The first-order chi connectivity index (χ1) is 10.2. The molecule has 0 aliphatic carbocycles. The van der Waals surface area contributed by atoms with E-state index in [0.29, 0.717) is 18.0 Å². The molecule has 2 heterocycles. The standard InChI is InChI=1S/C14H17N3O2S2/c1-10-16-11(9-21-10)8-20-7-5-13(18)17-12-4-3-6-15-14(12)19-2/h3-4,6,9H,5,7-8H2,1-2H3,(H,17,18). The van der Waals surface area contributed by atoms with Crippen molar-refractivity contribution in [3.63, 3.8) is 0 Å². The maximum absolute atomic E-state index is 11.9. The third-order valence-corrected chi connectivity index (χ3v) is 4.44. The third-order valence-electron chi connectivity index (χ3n) is 2.63. The Morgan fingerprint density at radius 1 is 1.52 bits per heavy atom. The monoisotopic (exact) mass is 323 g/mol. The zero-order valence-electron chi connectivity index (χ0n) is 12.0. The number of hydrogen-bond acceptors (Lipinski definition) is 6. The van der Waals surface area contributed by atoms with Crippen LogP contribution in [-0.4, -0.2) is 28.7 Å². The first-order valence-corrected chi connectivity index (χ1v) is 8.50. The average Bonchev–Trinajstić information content (AvgIpc) is 2.90. The number of carbonyl (C=O) groups is 1. The number of aryl methyl sites for hydroxylation is 1. The van der Waals surface area contributed by atoms with Crippen molar-refractivity contribution in [3.05, 3.63) is 34.4 Å². The molecular formula is C14H17N3O2S2. The van der Waals surface area contributed by atoms with Crippen LogP contribution in [0.2, 0.25) is 0 Å². The molecule has 2 aromatic heterocycles. The molecule has 0 atom stereocenters. The summed E-state index contributed by atoms with van der Waals surface area (Å²) in [5, 5.41) is 5.95. The Hall–Kier alpha value is -1.60. The van der Waals surface area contributed by atoms with E-state index in [9.17, 15) is 4.79 Å². The van der Waals surface area contributed by atoms with Crippen LogP contribution in [0.15, 0.2) is 23.7 Å². The summed E-state index contributed by atoms with van der Waals surface area (Å²) in [6, 6.07) is 3.53. The number of rotatable bonds is 7. The average molecular weight is 323 g/mol. The van der Waals surface area contributed by atoms with Gasteiger partial charge < -0.3 is 10.1 Å². The van der Waals surface area contributed by atoms with Gasteiger partial charge in [0.1, 0.15) is 5.69 Å². The minimum atomic E-state index is -0.0386. The van der Waals surface area contributed by atoms with Crippen LogP contribution >= 0.6 is 23.1 Å². The van der Waals surface area contributed by atoms with Gasteiger partial charge in [0.15, 0.2) is 0 Å². The van der Waals surface area contributed by atoms with Gasteiger partial charge in [0, 0.05) is 29.5 Å². The van der Waals surface area contributed by atoms with E-state index in [1.807, 2.05) is 6.92 Å². The molecule has 2 aromatic rings. The van der Waals surface area contributed by atoms with Crippen LogP contribution in [0, 0.1) is 6.92 Å². The summed E-state index contributed by atoms with van der Waals surface area (Å²) < 4.78 is 5.09. The molecular weight excluding hydrogens is 306 g/mol. The molecule has 1 amide bonds. The van der Waals surface area contributed by atoms with E-state index in [4.69, 9.17) is 4.74 Å². The number of hydrogen-bond donors (Lipinski definition) is 1. The molecule has 0 bridgehead atoms. The minimum Gasteiger partial charge on any atom is -0.480 e. The number of thioether (sulfide) groups is 1. The molecule has 0 aromatic carbocycles. The highest BCUT2D eigenvalue weighted by Crippen LogP contribution is 2.20. The number of anilines is 1. The Balaban J connectivity index is 1.72. The number of amides is 1. The largest absolute Gasteiger partial charge is 0.480 e. The van der Waals surface area contributed by atoms with Crippen molar-refractivity contribution in [2.24, 2.45) is 0 Å². The van der Waals surface area contributed by atoms with Gasteiger partial charge in [0.2, 0.25) is 11.8 Å². The molecule has 2 rings (SSSR count). The number of aromatic nitrogens is 2. The molecule has 0 radical (unpaired) electrons. The quantitative estimate of drug-likeness (QED) is 0.793. The lowest BCUT2D eigenvalue weighted by atomic mass is 10.3. The molecule has 0 saturated heterocycles. The first-order valence-electron chi connectivity index (χ1n) is 6.46. The van der Waals surface area contributed by atoms with Crippen LogP contribution in [0.1, 0.15) is 17.1 Å². The molecule has 21 heavy (non-hydrogen) atoms. The Kier molecular flexibility index (Phi) is 6.01. The number of pyridine rings is 1. The fraction of sp³-hybridized carbons (Fsp3) is 0.357. The highest BCUT2D eigenvalue weighted by Gasteiger charge is 2.08. The summed E-state index contributed by atoms with van der Waals surface area (Å²) in [6.07, 6.45) is 2.08. The van der Waals surface area contributed by atoms with Gasteiger partial charge >= 0.3 is 0 Å². The molecule has 0 fully saturated rings. The van der Waals surface area contributed by atoms with Gasteiger partial charge in [-0.25, -0.2) is 9.97 Å². The summed E-state index contributed by atoms with van der Waals surface area (Å²) in [6.45, 7) is 1.99. The molecule has 0 aliphatic rings. The second-order valence-corrected chi connectivity index (χ2v) is 6.44. The number of carbonyl (C=O) groups excluding carboxylic acids is 1. The van der Waals surface area contributed by atoms with Crippen molar-refractivity contribution in [1.29, 1.82) is 0 Å². The number of ether oxygens (including phenoxy) is 1. The summed E-state index contributed by atoms with van der Waals surface area (Å²) in [5.74, 6) is 1.98. The van der Waals surface area contributed by atoms with Crippen LogP contribution in [-0.2, 0) is 10.5 Å². The van der Waals surface area contributed by atoms with E-state index in [1.54, 1.807) is 41.4 Å². The van der Waals surface area contributed by atoms with Crippen molar-refractivity contribution in [3.8, 4) is 5.88 Å². The van der Waals surface area contributed by atoms with Gasteiger partial charge in [-0.05, 0) is 19.1 Å². The molecule has 0 saturated carbocycles. The second kappa shape index (κ2) is 7.99. The highest BCUT2D eigenvalue weighted by molar-refractivity contribution is 7.98. The fourth-order valence-corrected chi connectivity index (χ4v) is 3.23. The second-order valence-electron chi connectivity index (χ2n) is 4.27.